The smallest absolute Gasteiger partial charge is 0.253 e. The maximum Gasteiger partial charge on any atom is 0.253 e. The van der Waals surface area contributed by atoms with Gasteiger partial charge in [-0.25, -0.2) is 0 Å². The zero-order chi connectivity index (χ0) is 18.8. The third kappa shape index (κ3) is 3.76. The van der Waals surface area contributed by atoms with E-state index in [1.54, 1.807) is 0 Å². The minimum Gasteiger partial charge on any atom is -0.336 e. The van der Waals surface area contributed by atoms with Gasteiger partial charge in [0, 0.05) is 56.4 Å². The number of hydrogen-bond acceptors (Lipinski definition) is 3. The molecule has 2 aromatic rings. The normalized spacial score (nSPS) is 18.2. The van der Waals surface area contributed by atoms with Crippen molar-refractivity contribution in [3.63, 3.8) is 0 Å². The number of amides is 2. The summed E-state index contributed by atoms with van der Waals surface area (Å²) < 4.78 is 0. The quantitative estimate of drug-likeness (QED) is 0.736. The summed E-state index contributed by atoms with van der Waals surface area (Å²) in [6.45, 7) is 4.79. The van der Waals surface area contributed by atoms with E-state index in [1.807, 2.05) is 72.2 Å². The van der Waals surface area contributed by atoms with Crippen LogP contribution in [0.2, 0.25) is 0 Å². The van der Waals surface area contributed by atoms with Crippen LogP contribution in [0.5, 0.6) is 0 Å². The van der Waals surface area contributed by atoms with Crippen molar-refractivity contribution < 1.29 is 9.59 Å². The lowest BCUT2D eigenvalue weighted by molar-refractivity contribution is 0.00854. The van der Waals surface area contributed by atoms with E-state index in [4.69, 9.17) is 0 Å². The van der Waals surface area contributed by atoms with Gasteiger partial charge in [0.15, 0.2) is 0 Å². The molecular weight excluding hydrogens is 337 g/mol. The van der Waals surface area contributed by atoms with Crippen LogP contribution in [0.25, 0.3) is 0 Å². The lowest BCUT2D eigenvalue weighted by Crippen LogP contribution is -2.64. The highest BCUT2D eigenvalue weighted by Gasteiger charge is 2.36. The van der Waals surface area contributed by atoms with Crippen LogP contribution in [0, 0.1) is 0 Å². The Balaban J connectivity index is 1.26. The van der Waals surface area contributed by atoms with E-state index in [1.165, 1.54) is 0 Å². The minimum atomic E-state index is 0.111. The summed E-state index contributed by atoms with van der Waals surface area (Å²) in [6, 6.07) is 17.6. The van der Waals surface area contributed by atoms with E-state index in [9.17, 15) is 9.59 Å². The van der Waals surface area contributed by atoms with Crippen LogP contribution in [0.4, 0.5) is 0 Å². The van der Waals surface area contributed by atoms with Crippen LogP contribution in [-0.2, 0) is 0 Å². The first kappa shape index (κ1) is 17.8. The fourth-order valence-corrected chi connectivity index (χ4v) is 3.78. The number of carbonyl (C=O) groups excluding carboxylic acids is 2. The molecule has 2 aliphatic heterocycles. The van der Waals surface area contributed by atoms with Crippen molar-refractivity contribution in [1.29, 1.82) is 0 Å². The van der Waals surface area contributed by atoms with Gasteiger partial charge in [-0.1, -0.05) is 47.9 Å². The highest BCUT2D eigenvalue weighted by Crippen LogP contribution is 2.20. The van der Waals surface area contributed by atoms with Crippen molar-refractivity contribution in [2.75, 3.05) is 39.3 Å². The fraction of sp³-hybridized carbons (Fsp3) is 0.333. The zero-order valence-electron chi connectivity index (χ0n) is 15.7. The average Bonchev–Trinajstić information content (AvgIpc) is 2.68. The third-order valence-corrected chi connectivity index (χ3v) is 5.59. The van der Waals surface area contributed by atoms with Crippen LogP contribution in [-0.4, -0.2) is 79.7 Å². The molecule has 138 valence electrons. The first-order valence-corrected chi connectivity index (χ1v) is 9.56. The topological polar surface area (TPSA) is 43.9 Å². The molecule has 0 N–H and O–H groups in total. The van der Waals surface area contributed by atoms with Gasteiger partial charge in [0.05, 0.1) is 0 Å². The number of carbonyl (C=O) groups is 2. The van der Waals surface area contributed by atoms with Crippen molar-refractivity contribution in [3.05, 3.63) is 65.7 Å². The van der Waals surface area contributed by atoms with Crippen molar-refractivity contribution >= 4 is 25.1 Å². The van der Waals surface area contributed by atoms with E-state index >= 15 is 0 Å². The molecule has 0 unspecified atom stereocenters. The Morgan fingerprint density at radius 3 is 1.93 bits per heavy atom. The van der Waals surface area contributed by atoms with Crippen molar-refractivity contribution in [1.82, 2.24) is 14.7 Å². The molecule has 0 bridgehead atoms. The molecule has 0 spiro atoms. The lowest BCUT2D eigenvalue weighted by Gasteiger charge is -2.48. The Morgan fingerprint density at radius 2 is 1.30 bits per heavy atom. The van der Waals surface area contributed by atoms with Gasteiger partial charge in [0.25, 0.3) is 11.8 Å². The van der Waals surface area contributed by atoms with Gasteiger partial charge in [-0.2, -0.15) is 0 Å². The van der Waals surface area contributed by atoms with Crippen LogP contribution in [0.3, 0.4) is 0 Å². The standard InChI is InChI=1S/C21H24BN3O2/c22-18-8-6-17(7-9-18)21(27)25-14-19(15-25)23-10-12-24(13-11-23)20(26)16-4-2-1-3-5-16/h1-9,19H,10-15,22H2. The van der Waals surface area contributed by atoms with Gasteiger partial charge in [-0.3, -0.25) is 14.5 Å². The molecule has 0 radical (unpaired) electrons. The summed E-state index contributed by atoms with van der Waals surface area (Å²) >= 11 is 0. The molecule has 5 nitrogen and oxygen atoms in total. The minimum absolute atomic E-state index is 0.111. The van der Waals surface area contributed by atoms with Crippen LogP contribution in [0.1, 0.15) is 20.7 Å². The molecular formula is C21H24BN3O2. The number of benzene rings is 2. The maximum atomic E-state index is 12.5. The van der Waals surface area contributed by atoms with Crippen LogP contribution in [0.15, 0.2) is 54.6 Å². The monoisotopic (exact) mass is 361 g/mol. The molecule has 2 amide bonds. The Bertz CT molecular complexity index is 811. The molecule has 2 aliphatic rings. The summed E-state index contributed by atoms with van der Waals surface area (Å²) in [5.41, 5.74) is 2.68. The van der Waals surface area contributed by atoms with Gasteiger partial charge in [0.2, 0.25) is 0 Å². The third-order valence-electron chi connectivity index (χ3n) is 5.59. The predicted octanol–water partition coefficient (Wildman–Crippen LogP) is 0.227. The molecule has 2 heterocycles. The van der Waals surface area contributed by atoms with Gasteiger partial charge in [-0.15, -0.1) is 0 Å². The van der Waals surface area contributed by atoms with Gasteiger partial charge >= 0.3 is 0 Å². The van der Waals surface area contributed by atoms with Gasteiger partial charge < -0.3 is 9.80 Å². The maximum absolute atomic E-state index is 12.5. The highest BCUT2D eigenvalue weighted by molar-refractivity contribution is 6.32. The Morgan fingerprint density at radius 1 is 0.741 bits per heavy atom. The van der Waals surface area contributed by atoms with E-state index < -0.39 is 0 Å². The number of piperazine rings is 1. The van der Waals surface area contributed by atoms with E-state index in [0.717, 1.165) is 55.9 Å². The summed E-state index contributed by atoms with van der Waals surface area (Å²) in [7, 11) is 2.02. The average molecular weight is 361 g/mol. The van der Waals surface area contributed by atoms with Gasteiger partial charge in [-0.05, 0) is 12.1 Å². The Hall–Kier alpha value is -2.60. The predicted molar refractivity (Wildman–Crippen MR) is 108 cm³/mol. The molecule has 0 aliphatic carbocycles. The molecule has 4 rings (SSSR count). The zero-order valence-corrected chi connectivity index (χ0v) is 15.7. The number of nitrogens with zero attached hydrogens (tertiary/aromatic N) is 3. The van der Waals surface area contributed by atoms with E-state index in [2.05, 4.69) is 4.90 Å². The first-order chi connectivity index (χ1) is 13.1. The lowest BCUT2D eigenvalue weighted by atomic mass is 9.94. The number of likely N-dealkylation sites (tertiary alicyclic amines) is 1. The summed E-state index contributed by atoms with van der Waals surface area (Å²) in [5, 5.41) is 0. The summed E-state index contributed by atoms with van der Waals surface area (Å²) in [4.78, 5) is 31.3. The first-order valence-electron chi connectivity index (χ1n) is 9.56. The largest absolute Gasteiger partial charge is 0.336 e. The highest BCUT2D eigenvalue weighted by atomic mass is 16.2. The molecule has 0 saturated carbocycles. The second kappa shape index (κ2) is 7.57. The van der Waals surface area contributed by atoms with E-state index in [0.29, 0.717) is 6.04 Å². The molecule has 2 fully saturated rings. The molecule has 27 heavy (non-hydrogen) atoms. The second-order valence-corrected chi connectivity index (χ2v) is 7.42. The van der Waals surface area contributed by atoms with Gasteiger partial charge in [0.1, 0.15) is 7.85 Å². The van der Waals surface area contributed by atoms with Crippen LogP contribution < -0.4 is 5.46 Å². The second-order valence-electron chi connectivity index (χ2n) is 7.42. The van der Waals surface area contributed by atoms with Crippen LogP contribution >= 0.6 is 0 Å². The molecule has 2 aromatic carbocycles. The SMILES string of the molecule is Bc1ccc(C(=O)N2CC(N3CCN(C(=O)c4ccccc4)CC3)C2)cc1. The molecule has 6 heteroatoms. The van der Waals surface area contributed by atoms with Crippen molar-refractivity contribution in [2.24, 2.45) is 0 Å². The summed E-state index contributed by atoms with van der Waals surface area (Å²) in [5.74, 6) is 0.226. The Labute approximate surface area is 161 Å². The van der Waals surface area contributed by atoms with E-state index in [-0.39, 0.29) is 11.8 Å². The molecule has 0 aromatic heterocycles. The molecule has 0 atom stereocenters. The molecule has 2 saturated heterocycles. The van der Waals surface area contributed by atoms with Crippen molar-refractivity contribution in [3.8, 4) is 0 Å². The van der Waals surface area contributed by atoms with Crippen molar-refractivity contribution in [2.45, 2.75) is 6.04 Å². The Kier molecular flexibility index (Phi) is 4.99. The number of rotatable bonds is 3. The fourth-order valence-electron chi connectivity index (χ4n) is 3.78. The summed E-state index contributed by atoms with van der Waals surface area (Å²) in [6.07, 6.45) is 0. The number of hydrogen-bond donors (Lipinski definition) is 0.